The molecule has 2 rings (SSSR count). The van der Waals surface area contributed by atoms with Gasteiger partial charge in [0.1, 0.15) is 0 Å². The maximum absolute atomic E-state index is 12.1. The molecule has 1 heterocycles. The van der Waals surface area contributed by atoms with Crippen LogP contribution in [0.4, 0.5) is 5.69 Å². The summed E-state index contributed by atoms with van der Waals surface area (Å²) in [5, 5.41) is 11.6. The van der Waals surface area contributed by atoms with Crippen molar-refractivity contribution in [2.75, 3.05) is 16.9 Å². The first-order valence-electron chi connectivity index (χ1n) is 8.46. The molecule has 1 aromatic carbocycles. The summed E-state index contributed by atoms with van der Waals surface area (Å²) in [4.78, 5) is 12.1. The van der Waals surface area contributed by atoms with Crippen molar-refractivity contribution in [3.8, 4) is 0 Å². The lowest BCUT2D eigenvalue weighted by Crippen LogP contribution is -2.24. The van der Waals surface area contributed by atoms with Crippen LogP contribution in [-0.4, -0.2) is 26.5 Å². The zero-order valence-corrected chi connectivity index (χ0v) is 16.4. The highest BCUT2D eigenvalue weighted by Crippen LogP contribution is 2.24. The molecule has 0 radical (unpaired) electrons. The highest BCUT2D eigenvalue weighted by Gasteiger charge is 2.23. The van der Waals surface area contributed by atoms with Crippen LogP contribution < -0.4 is 11.2 Å². The number of nitrogens with zero attached hydrogens (tertiary/aromatic N) is 3. The van der Waals surface area contributed by atoms with Crippen LogP contribution >= 0.6 is 11.8 Å². The minimum atomic E-state index is -0.194. The van der Waals surface area contributed by atoms with Crippen LogP contribution in [0, 0.1) is 0 Å². The van der Waals surface area contributed by atoms with Crippen LogP contribution in [-0.2, 0) is 10.2 Å². The van der Waals surface area contributed by atoms with Crippen molar-refractivity contribution in [3.63, 3.8) is 0 Å². The molecule has 0 fully saturated rings. The first kappa shape index (κ1) is 19.3. The second kappa shape index (κ2) is 7.91. The van der Waals surface area contributed by atoms with Gasteiger partial charge in [0.2, 0.25) is 11.1 Å². The Balaban J connectivity index is 1.92. The molecule has 0 spiro atoms. The number of anilines is 1. The first-order valence-corrected chi connectivity index (χ1v) is 9.44. The lowest BCUT2D eigenvalue weighted by atomic mass is 9.96. The maximum atomic E-state index is 12.1. The molecule has 136 valence electrons. The van der Waals surface area contributed by atoms with Crippen molar-refractivity contribution >= 4 is 23.4 Å². The lowest BCUT2D eigenvalue weighted by Gasteiger charge is -2.16. The molecule has 0 saturated carbocycles. The molecule has 1 amide bonds. The van der Waals surface area contributed by atoms with Crippen molar-refractivity contribution in [2.24, 2.45) is 0 Å². The summed E-state index contributed by atoms with van der Waals surface area (Å²) in [5.41, 5.74) is 1.88. The van der Waals surface area contributed by atoms with E-state index in [1.807, 2.05) is 32.9 Å². The number of aromatic nitrogens is 3. The molecule has 25 heavy (non-hydrogen) atoms. The average molecular weight is 362 g/mol. The molecule has 0 aliphatic heterocycles. The van der Waals surface area contributed by atoms with Gasteiger partial charge in [-0.2, -0.15) is 0 Å². The summed E-state index contributed by atoms with van der Waals surface area (Å²) in [6.07, 6.45) is 1.10. The maximum Gasteiger partial charge on any atom is 0.234 e. The lowest BCUT2D eigenvalue weighted by molar-refractivity contribution is -0.113. The Bertz CT molecular complexity index is 718. The number of carbonyl (C=O) groups is 1. The molecule has 3 N–H and O–H groups in total. The predicted molar refractivity (Wildman–Crippen MR) is 103 cm³/mol. The summed E-state index contributed by atoms with van der Waals surface area (Å²) in [6.45, 7) is 10.4. The molecule has 1 aromatic heterocycles. The number of nitrogens with one attached hydrogen (secondary N) is 1. The molecule has 0 aliphatic carbocycles. The third kappa shape index (κ3) is 4.98. The minimum Gasteiger partial charge on any atom is -0.336 e. The third-order valence-electron chi connectivity index (χ3n) is 4.04. The van der Waals surface area contributed by atoms with Gasteiger partial charge in [0, 0.05) is 11.1 Å². The molecule has 0 saturated heterocycles. The van der Waals surface area contributed by atoms with Gasteiger partial charge < -0.3 is 11.2 Å². The number of nitrogens with two attached hydrogens (primary N) is 1. The van der Waals surface area contributed by atoms with Gasteiger partial charge in [-0.1, -0.05) is 58.5 Å². The van der Waals surface area contributed by atoms with E-state index in [0.29, 0.717) is 16.9 Å². The summed E-state index contributed by atoms with van der Waals surface area (Å²) < 4.78 is 1.46. The van der Waals surface area contributed by atoms with Crippen molar-refractivity contribution in [3.05, 3.63) is 35.7 Å². The third-order valence-corrected chi connectivity index (χ3v) is 4.99. The topological polar surface area (TPSA) is 85.8 Å². The Kier molecular flexibility index (Phi) is 6.11. The number of benzene rings is 1. The van der Waals surface area contributed by atoms with Gasteiger partial charge in [-0.05, 0) is 30.0 Å². The van der Waals surface area contributed by atoms with E-state index < -0.39 is 0 Å². The molecule has 0 bridgehead atoms. The molecule has 0 unspecified atom stereocenters. The second-order valence-corrected chi connectivity index (χ2v) is 8.14. The first-order chi connectivity index (χ1) is 11.7. The number of hydrogen-bond acceptors (Lipinski definition) is 5. The van der Waals surface area contributed by atoms with Crippen molar-refractivity contribution < 1.29 is 4.79 Å². The van der Waals surface area contributed by atoms with E-state index in [4.69, 9.17) is 5.84 Å². The van der Waals surface area contributed by atoms with E-state index in [-0.39, 0.29) is 17.1 Å². The van der Waals surface area contributed by atoms with Gasteiger partial charge in [0.05, 0.1) is 5.75 Å². The molecule has 6 nitrogen and oxygen atoms in total. The number of amides is 1. The number of nitrogen functional groups attached to an aromatic ring is 1. The van der Waals surface area contributed by atoms with Crippen LogP contribution in [0.2, 0.25) is 0 Å². The molecule has 1 atom stereocenters. The molecule has 7 heteroatoms. The Morgan fingerprint density at radius 1 is 1.28 bits per heavy atom. The van der Waals surface area contributed by atoms with E-state index in [0.717, 1.165) is 12.1 Å². The number of hydrogen-bond donors (Lipinski definition) is 2. The number of carbonyl (C=O) groups excluding carboxylic acids is 1. The van der Waals surface area contributed by atoms with E-state index >= 15 is 0 Å². The van der Waals surface area contributed by atoms with Crippen LogP contribution in [0.3, 0.4) is 0 Å². The fraction of sp³-hybridized carbons (Fsp3) is 0.500. The highest BCUT2D eigenvalue weighted by molar-refractivity contribution is 7.99. The van der Waals surface area contributed by atoms with Gasteiger partial charge in [-0.15, -0.1) is 10.2 Å². The Labute approximate surface area is 153 Å². The quantitative estimate of drug-likeness (QED) is 0.607. The predicted octanol–water partition coefficient (Wildman–Crippen LogP) is 3.53. The molecule has 0 aliphatic rings. The highest BCUT2D eigenvalue weighted by atomic mass is 32.2. The number of thioether (sulfide) groups is 1. The van der Waals surface area contributed by atoms with Gasteiger partial charge >= 0.3 is 0 Å². The SMILES string of the molecule is CC[C@H](C)c1ccc(NC(=O)CSc2nnc(C(C)(C)C)n2N)cc1. The molecule has 2 aromatic rings. The molecular formula is C18H27N5OS. The van der Waals surface area contributed by atoms with Crippen molar-refractivity contribution in [2.45, 2.75) is 57.5 Å². The zero-order valence-electron chi connectivity index (χ0n) is 15.5. The van der Waals surface area contributed by atoms with Crippen molar-refractivity contribution in [1.82, 2.24) is 14.9 Å². The van der Waals surface area contributed by atoms with Crippen LogP contribution in [0.5, 0.6) is 0 Å². The Morgan fingerprint density at radius 3 is 2.44 bits per heavy atom. The Morgan fingerprint density at radius 2 is 1.92 bits per heavy atom. The van der Waals surface area contributed by atoms with E-state index in [9.17, 15) is 4.79 Å². The van der Waals surface area contributed by atoms with E-state index in [2.05, 4.69) is 41.5 Å². The smallest absolute Gasteiger partial charge is 0.234 e. The van der Waals surface area contributed by atoms with E-state index in [1.54, 1.807) is 0 Å². The van der Waals surface area contributed by atoms with E-state index in [1.165, 1.54) is 22.0 Å². The summed E-state index contributed by atoms with van der Waals surface area (Å²) in [7, 11) is 0. The second-order valence-electron chi connectivity index (χ2n) is 7.19. The number of rotatable bonds is 6. The fourth-order valence-electron chi connectivity index (χ4n) is 2.34. The van der Waals surface area contributed by atoms with Crippen LogP contribution in [0.25, 0.3) is 0 Å². The zero-order chi connectivity index (χ0) is 18.6. The van der Waals surface area contributed by atoms with Gasteiger partial charge in [-0.25, -0.2) is 4.68 Å². The summed E-state index contributed by atoms with van der Waals surface area (Å²) in [5.74, 6) is 7.37. The van der Waals surface area contributed by atoms with Crippen LogP contribution in [0.1, 0.15) is 58.3 Å². The van der Waals surface area contributed by atoms with Gasteiger partial charge in [-0.3, -0.25) is 4.79 Å². The minimum absolute atomic E-state index is 0.0957. The monoisotopic (exact) mass is 361 g/mol. The molecular weight excluding hydrogens is 334 g/mol. The fourth-order valence-corrected chi connectivity index (χ4v) is 3.00. The van der Waals surface area contributed by atoms with Gasteiger partial charge in [0.15, 0.2) is 5.82 Å². The van der Waals surface area contributed by atoms with Crippen molar-refractivity contribution in [1.29, 1.82) is 0 Å². The normalized spacial score (nSPS) is 12.8. The van der Waals surface area contributed by atoms with Crippen LogP contribution in [0.15, 0.2) is 29.4 Å². The standard InChI is InChI=1S/C18H27N5OS/c1-6-12(2)13-7-9-14(10-8-13)20-15(24)11-25-17-22-21-16(23(17)19)18(3,4)5/h7-10,12H,6,11,19H2,1-5H3,(H,20,24)/t12-/m0/s1. The Hall–Kier alpha value is -2.02. The largest absolute Gasteiger partial charge is 0.336 e. The van der Waals surface area contributed by atoms with Gasteiger partial charge in [0.25, 0.3) is 0 Å². The summed E-state index contributed by atoms with van der Waals surface area (Å²) >= 11 is 1.28. The summed E-state index contributed by atoms with van der Waals surface area (Å²) in [6, 6.07) is 7.99. The average Bonchev–Trinajstić information content (AvgIpc) is 2.94.